The summed E-state index contributed by atoms with van der Waals surface area (Å²) in [6, 6.07) is 11.6. The van der Waals surface area contributed by atoms with Crippen LogP contribution < -0.4 is 10.1 Å². The Morgan fingerprint density at radius 3 is 2.24 bits per heavy atom. The lowest BCUT2D eigenvalue weighted by Crippen LogP contribution is -2.22. The minimum absolute atomic E-state index is 0.160. The molecule has 25 heavy (non-hydrogen) atoms. The maximum atomic E-state index is 12.0. The highest BCUT2D eigenvalue weighted by molar-refractivity contribution is 7.89. The lowest BCUT2D eigenvalue weighted by molar-refractivity contribution is -0.118. The Morgan fingerprint density at radius 2 is 1.68 bits per heavy atom. The van der Waals surface area contributed by atoms with Crippen molar-refractivity contribution in [2.24, 2.45) is 0 Å². The van der Waals surface area contributed by atoms with E-state index in [0.717, 1.165) is 15.4 Å². The average molecular weight is 362 g/mol. The second-order valence-electron chi connectivity index (χ2n) is 5.89. The summed E-state index contributed by atoms with van der Waals surface area (Å²) in [6.07, 6.45) is 0. The van der Waals surface area contributed by atoms with Crippen LogP contribution in [0.25, 0.3) is 0 Å². The van der Waals surface area contributed by atoms with Crippen molar-refractivity contribution in [1.82, 2.24) is 4.31 Å². The monoisotopic (exact) mass is 362 g/mol. The third-order valence-electron chi connectivity index (χ3n) is 3.76. The Labute approximate surface area is 148 Å². The summed E-state index contributed by atoms with van der Waals surface area (Å²) < 4.78 is 30.5. The van der Waals surface area contributed by atoms with Gasteiger partial charge in [0.15, 0.2) is 6.61 Å². The molecule has 0 aliphatic heterocycles. The van der Waals surface area contributed by atoms with Gasteiger partial charge in [-0.2, -0.15) is 0 Å². The predicted molar refractivity (Wildman–Crippen MR) is 97.4 cm³/mol. The topological polar surface area (TPSA) is 75.7 Å². The predicted octanol–water partition coefficient (Wildman–Crippen LogP) is 2.57. The largest absolute Gasteiger partial charge is 0.484 e. The molecule has 6 nitrogen and oxygen atoms in total. The van der Waals surface area contributed by atoms with Crippen LogP contribution in [0.3, 0.4) is 0 Å². The first-order valence-corrected chi connectivity index (χ1v) is 9.16. The molecule has 0 aliphatic rings. The number of amides is 1. The summed E-state index contributed by atoms with van der Waals surface area (Å²) in [6.45, 7) is 3.82. The van der Waals surface area contributed by atoms with Crippen LogP contribution in [-0.4, -0.2) is 39.3 Å². The van der Waals surface area contributed by atoms with E-state index in [2.05, 4.69) is 5.32 Å². The smallest absolute Gasteiger partial charge is 0.262 e. The quantitative estimate of drug-likeness (QED) is 0.857. The third-order valence-corrected chi connectivity index (χ3v) is 5.59. The number of nitrogens with zero attached hydrogens (tertiary/aromatic N) is 1. The van der Waals surface area contributed by atoms with E-state index in [1.165, 1.54) is 38.4 Å². The number of aryl methyl sites for hydroxylation is 2. The number of sulfonamides is 1. The molecule has 0 heterocycles. The fourth-order valence-electron chi connectivity index (χ4n) is 2.08. The molecule has 0 bridgehead atoms. The number of hydrogen-bond acceptors (Lipinski definition) is 4. The molecule has 1 N–H and O–H groups in total. The zero-order valence-corrected chi connectivity index (χ0v) is 15.6. The molecule has 0 saturated heterocycles. The molecule has 0 aromatic heterocycles. The number of ether oxygens (including phenoxy) is 1. The number of rotatable bonds is 6. The molecule has 7 heteroatoms. The molecule has 0 atom stereocenters. The second kappa shape index (κ2) is 7.67. The van der Waals surface area contributed by atoms with Gasteiger partial charge in [-0.3, -0.25) is 4.79 Å². The van der Waals surface area contributed by atoms with Crippen LogP contribution in [0.2, 0.25) is 0 Å². The molecule has 0 unspecified atom stereocenters. The van der Waals surface area contributed by atoms with Crippen LogP contribution in [0.5, 0.6) is 5.75 Å². The Balaban J connectivity index is 1.94. The normalized spacial score (nSPS) is 11.4. The number of benzene rings is 2. The minimum atomic E-state index is -3.47. The van der Waals surface area contributed by atoms with E-state index >= 15 is 0 Å². The van der Waals surface area contributed by atoms with Crippen molar-refractivity contribution in [3.05, 3.63) is 53.6 Å². The molecule has 2 aromatic rings. The standard InChI is InChI=1S/C18H22N2O4S/c1-13-5-6-15(11-14(13)2)19-18(21)12-24-16-7-9-17(10-8-16)25(22,23)20(3)4/h5-11H,12H2,1-4H3,(H,19,21). The van der Waals surface area contributed by atoms with Gasteiger partial charge in [-0.25, -0.2) is 12.7 Å². The summed E-state index contributed by atoms with van der Waals surface area (Å²) in [5.74, 6) is 0.140. The Kier molecular flexibility index (Phi) is 5.81. The highest BCUT2D eigenvalue weighted by Crippen LogP contribution is 2.18. The molecule has 0 aliphatic carbocycles. The molecule has 0 fully saturated rings. The van der Waals surface area contributed by atoms with Gasteiger partial charge in [-0.05, 0) is 61.4 Å². The fraction of sp³-hybridized carbons (Fsp3) is 0.278. The summed E-state index contributed by atoms with van der Waals surface area (Å²) in [5.41, 5.74) is 2.96. The van der Waals surface area contributed by atoms with Gasteiger partial charge >= 0.3 is 0 Å². The number of carbonyl (C=O) groups is 1. The Bertz CT molecular complexity index is 859. The van der Waals surface area contributed by atoms with E-state index < -0.39 is 10.0 Å². The first-order chi connectivity index (χ1) is 11.7. The average Bonchev–Trinajstić information content (AvgIpc) is 2.56. The molecule has 2 aromatic carbocycles. The van der Waals surface area contributed by atoms with E-state index in [1.807, 2.05) is 32.0 Å². The molecule has 0 radical (unpaired) electrons. The molecular formula is C18H22N2O4S. The van der Waals surface area contributed by atoms with Crippen molar-refractivity contribution in [3.8, 4) is 5.75 Å². The van der Waals surface area contributed by atoms with Gasteiger partial charge in [0.2, 0.25) is 10.0 Å². The fourth-order valence-corrected chi connectivity index (χ4v) is 2.99. The van der Waals surface area contributed by atoms with E-state index in [1.54, 1.807) is 0 Å². The van der Waals surface area contributed by atoms with Crippen molar-refractivity contribution < 1.29 is 17.9 Å². The van der Waals surface area contributed by atoms with E-state index in [4.69, 9.17) is 4.74 Å². The molecule has 0 spiro atoms. The molecule has 2 rings (SSSR count). The highest BCUT2D eigenvalue weighted by atomic mass is 32.2. The van der Waals surface area contributed by atoms with Crippen LogP contribution in [0.4, 0.5) is 5.69 Å². The SMILES string of the molecule is Cc1ccc(NC(=O)COc2ccc(S(=O)(=O)N(C)C)cc2)cc1C. The van der Waals surface area contributed by atoms with Crippen molar-refractivity contribution in [2.45, 2.75) is 18.7 Å². The highest BCUT2D eigenvalue weighted by Gasteiger charge is 2.16. The summed E-state index contributed by atoms with van der Waals surface area (Å²) in [4.78, 5) is 12.1. The maximum absolute atomic E-state index is 12.0. The van der Waals surface area contributed by atoms with Crippen molar-refractivity contribution in [2.75, 3.05) is 26.0 Å². The van der Waals surface area contributed by atoms with Gasteiger partial charge < -0.3 is 10.1 Å². The number of hydrogen-bond donors (Lipinski definition) is 1. The summed E-state index contributed by atoms with van der Waals surface area (Å²) in [7, 11) is -0.537. The Morgan fingerprint density at radius 1 is 1.04 bits per heavy atom. The zero-order chi connectivity index (χ0) is 18.6. The zero-order valence-electron chi connectivity index (χ0n) is 14.7. The van der Waals surface area contributed by atoms with Crippen molar-refractivity contribution in [3.63, 3.8) is 0 Å². The van der Waals surface area contributed by atoms with Crippen LogP contribution in [-0.2, 0) is 14.8 Å². The van der Waals surface area contributed by atoms with E-state index in [9.17, 15) is 13.2 Å². The number of anilines is 1. The van der Waals surface area contributed by atoms with Crippen LogP contribution in [0.1, 0.15) is 11.1 Å². The lowest BCUT2D eigenvalue weighted by atomic mass is 10.1. The van der Waals surface area contributed by atoms with Gasteiger partial charge in [-0.15, -0.1) is 0 Å². The molecular weight excluding hydrogens is 340 g/mol. The number of nitrogens with one attached hydrogen (secondary N) is 1. The number of carbonyl (C=O) groups excluding carboxylic acids is 1. The maximum Gasteiger partial charge on any atom is 0.262 e. The first kappa shape index (κ1) is 19.0. The van der Waals surface area contributed by atoms with Gasteiger partial charge in [-0.1, -0.05) is 6.07 Å². The lowest BCUT2D eigenvalue weighted by Gasteiger charge is -2.12. The van der Waals surface area contributed by atoms with Crippen LogP contribution in [0.15, 0.2) is 47.4 Å². The van der Waals surface area contributed by atoms with Crippen molar-refractivity contribution >= 4 is 21.6 Å². The van der Waals surface area contributed by atoms with Crippen LogP contribution >= 0.6 is 0 Å². The summed E-state index contributed by atoms with van der Waals surface area (Å²) in [5, 5.41) is 2.76. The van der Waals surface area contributed by atoms with Gasteiger partial charge in [0.1, 0.15) is 5.75 Å². The molecule has 0 saturated carbocycles. The molecule has 1 amide bonds. The summed E-state index contributed by atoms with van der Waals surface area (Å²) >= 11 is 0. The van der Waals surface area contributed by atoms with Gasteiger partial charge in [0, 0.05) is 19.8 Å². The second-order valence-corrected chi connectivity index (χ2v) is 8.05. The van der Waals surface area contributed by atoms with E-state index in [-0.39, 0.29) is 17.4 Å². The van der Waals surface area contributed by atoms with Crippen molar-refractivity contribution in [1.29, 1.82) is 0 Å². The van der Waals surface area contributed by atoms with Gasteiger partial charge in [0.25, 0.3) is 5.91 Å². The molecule has 134 valence electrons. The third kappa shape index (κ3) is 4.80. The minimum Gasteiger partial charge on any atom is -0.484 e. The van der Waals surface area contributed by atoms with Crippen LogP contribution in [0, 0.1) is 13.8 Å². The van der Waals surface area contributed by atoms with Gasteiger partial charge in [0.05, 0.1) is 4.90 Å². The Hall–Kier alpha value is -2.38. The first-order valence-electron chi connectivity index (χ1n) is 7.72. The van der Waals surface area contributed by atoms with E-state index in [0.29, 0.717) is 11.4 Å².